The van der Waals surface area contributed by atoms with E-state index in [-0.39, 0.29) is 17.8 Å². The van der Waals surface area contributed by atoms with Crippen molar-refractivity contribution in [3.63, 3.8) is 0 Å². The van der Waals surface area contributed by atoms with Crippen LogP contribution in [0.1, 0.15) is 6.92 Å². The van der Waals surface area contributed by atoms with E-state index in [1.807, 2.05) is 0 Å². The van der Waals surface area contributed by atoms with Gasteiger partial charge in [-0.15, -0.1) is 0 Å². The van der Waals surface area contributed by atoms with Crippen LogP contribution in [0.15, 0.2) is 12.2 Å². The monoisotopic (exact) mass is 242 g/mol. The third kappa shape index (κ3) is 6.62. The fourth-order valence-corrected chi connectivity index (χ4v) is 0.609. The fourth-order valence-electron chi connectivity index (χ4n) is 0.609. The highest BCUT2D eigenvalue weighted by Crippen LogP contribution is 1.97. The number of carbonyl (C=O) groups excluding carboxylic acids is 1. The van der Waals surface area contributed by atoms with Crippen molar-refractivity contribution >= 4 is 23.8 Å². The first-order valence-corrected chi connectivity index (χ1v) is 4.32. The number of ether oxygens (including phenoxy) is 1. The van der Waals surface area contributed by atoms with Crippen molar-refractivity contribution in [1.29, 1.82) is 0 Å². The van der Waals surface area contributed by atoms with Crippen molar-refractivity contribution in [2.75, 3.05) is 24.0 Å². The summed E-state index contributed by atoms with van der Waals surface area (Å²) in [6.45, 7) is 4.22. The minimum absolute atomic E-state index is 0.0417. The number of aliphatic hydroxyl groups is 1. The van der Waals surface area contributed by atoms with Crippen LogP contribution in [0.3, 0.4) is 0 Å². The second kappa shape index (κ2) is 6.95. The summed E-state index contributed by atoms with van der Waals surface area (Å²) in [6.07, 6.45) is 0. The Kier molecular flexibility index (Phi) is 5.96. The topological polar surface area (TPSA) is 163 Å². The van der Waals surface area contributed by atoms with Crippen LogP contribution in [0.2, 0.25) is 0 Å². The van der Waals surface area contributed by atoms with Crippen LogP contribution in [0, 0.1) is 0 Å². The zero-order valence-electron chi connectivity index (χ0n) is 9.25. The molecule has 0 unspecified atom stereocenters. The molecule has 17 heavy (non-hydrogen) atoms. The van der Waals surface area contributed by atoms with Gasteiger partial charge in [0.05, 0.1) is 0 Å². The first kappa shape index (κ1) is 14.6. The Hall–Kier alpha value is -2.42. The van der Waals surface area contributed by atoms with Gasteiger partial charge in [0.25, 0.3) is 0 Å². The standard InChI is InChI=1S/C5H8O3.C3H6N6/c1-4(2)5(7)8-3-6;4-1-7-2(5)9-3(6)8-1/h6H,1,3H2,2H3;(H6,4,5,6,7,8,9). The smallest absolute Gasteiger partial charge is 0.335 e. The first-order chi connectivity index (χ1) is 7.86. The van der Waals surface area contributed by atoms with Crippen molar-refractivity contribution < 1.29 is 14.6 Å². The van der Waals surface area contributed by atoms with E-state index >= 15 is 0 Å². The van der Waals surface area contributed by atoms with Gasteiger partial charge in [-0.2, -0.15) is 15.0 Å². The number of rotatable bonds is 2. The van der Waals surface area contributed by atoms with E-state index in [0.29, 0.717) is 5.57 Å². The van der Waals surface area contributed by atoms with Crippen molar-refractivity contribution in [2.24, 2.45) is 0 Å². The fraction of sp³-hybridized carbons (Fsp3) is 0.250. The summed E-state index contributed by atoms with van der Waals surface area (Å²) in [7, 11) is 0. The second-order valence-electron chi connectivity index (χ2n) is 2.75. The number of hydrogen-bond acceptors (Lipinski definition) is 9. The number of nitrogens with zero attached hydrogens (tertiary/aromatic N) is 3. The summed E-state index contributed by atoms with van der Waals surface area (Å²) < 4.78 is 4.12. The molecule has 1 aromatic rings. The van der Waals surface area contributed by atoms with Gasteiger partial charge in [0.1, 0.15) is 0 Å². The molecule has 0 fully saturated rings. The van der Waals surface area contributed by atoms with Gasteiger partial charge in [0, 0.05) is 5.57 Å². The van der Waals surface area contributed by atoms with E-state index in [2.05, 4.69) is 26.3 Å². The van der Waals surface area contributed by atoms with Crippen LogP contribution < -0.4 is 17.2 Å². The maximum absolute atomic E-state index is 10.3. The molecule has 94 valence electrons. The molecule has 0 aliphatic rings. The van der Waals surface area contributed by atoms with Crippen molar-refractivity contribution in [3.8, 4) is 0 Å². The lowest BCUT2D eigenvalue weighted by molar-refractivity contribution is -0.146. The largest absolute Gasteiger partial charge is 0.435 e. The number of carbonyl (C=O) groups is 1. The number of anilines is 3. The van der Waals surface area contributed by atoms with Gasteiger partial charge in [-0.25, -0.2) is 4.79 Å². The Labute approximate surface area is 97.3 Å². The number of nitrogen functional groups attached to an aromatic ring is 3. The third-order valence-electron chi connectivity index (χ3n) is 1.23. The van der Waals surface area contributed by atoms with Crippen LogP contribution in [-0.4, -0.2) is 32.8 Å². The van der Waals surface area contributed by atoms with Crippen LogP contribution in [0.5, 0.6) is 0 Å². The summed E-state index contributed by atoms with van der Waals surface area (Å²) in [5.41, 5.74) is 15.7. The molecule has 0 saturated heterocycles. The normalized spacial score (nSPS) is 8.82. The molecular formula is C8H14N6O3. The van der Waals surface area contributed by atoms with Gasteiger partial charge in [-0.3, -0.25) is 0 Å². The summed E-state index contributed by atoms with van der Waals surface area (Å²) in [5.74, 6) is -0.437. The van der Waals surface area contributed by atoms with Crippen LogP contribution >= 0.6 is 0 Å². The predicted octanol–water partition coefficient (Wildman–Crippen LogP) is -1.33. The lowest BCUT2D eigenvalue weighted by atomic mass is 10.4. The molecule has 0 radical (unpaired) electrons. The second-order valence-corrected chi connectivity index (χ2v) is 2.75. The highest BCUT2D eigenvalue weighted by atomic mass is 16.6. The Morgan fingerprint density at radius 2 is 1.59 bits per heavy atom. The molecule has 1 aromatic heterocycles. The SMILES string of the molecule is C=C(C)C(=O)OCO.Nc1nc(N)nc(N)n1. The van der Waals surface area contributed by atoms with E-state index in [0.717, 1.165) is 0 Å². The summed E-state index contributed by atoms with van der Waals surface area (Å²) in [6, 6.07) is 0. The van der Waals surface area contributed by atoms with Crippen molar-refractivity contribution in [3.05, 3.63) is 12.2 Å². The maximum atomic E-state index is 10.3. The average Bonchev–Trinajstić information content (AvgIpc) is 2.16. The minimum atomic E-state index is -0.578. The molecular weight excluding hydrogens is 228 g/mol. The number of esters is 1. The predicted molar refractivity (Wildman–Crippen MR) is 61.1 cm³/mol. The molecule has 1 heterocycles. The van der Waals surface area contributed by atoms with Gasteiger partial charge in [-0.1, -0.05) is 6.58 Å². The number of nitrogens with two attached hydrogens (primary N) is 3. The quantitative estimate of drug-likeness (QED) is 0.279. The lowest BCUT2D eigenvalue weighted by Gasteiger charge is -1.95. The number of aliphatic hydroxyl groups excluding tert-OH is 1. The summed E-state index contributed by atoms with van der Waals surface area (Å²) in [5, 5.41) is 8.00. The number of aromatic nitrogens is 3. The van der Waals surface area contributed by atoms with Gasteiger partial charge in [0.2, 0.25) is 17.8 Å². The van der Waals surface area contributed by atoms with Crippen LogP contribution in [-0.2, 0) is 9.53 Å². The summed E-state index contributed by atoms with van der Waals surface area (Å²) >= 11 is 0. The number of hydrogen-bond donors (Lipinski definition) is 4. The minimum Gasteiger partial charge on any atom is -0.435 e. The van der Waals surface area contributed by atoms with E-state index in [4.69, 9.17) is 22.3 Å². The van der Waals surface area contributed by atoms with E-state index in [1.54, 1.807) is 0 Å². The molecule has 0 aromatic carbocycles. The van der Waals surface area contributed by atoms with Crippen LogP contribution in [0.25, 0.3) is 0 Å². The van der Waals surface area contributed by atoms with Gasteiger partial charge < -0.3 is 27.0 Å². The van der Waals surface area contributed by atoms with Gasteiger partial charge in [0.15, 0.2) is 6.79 Å². The van der Waals surface area contributed by atoms with Crippen LogP contribution in [0.4, 0.5) is 17.8 Å². The Balaban J connectivity index is 0.000000304. The highest BCUT2D eigenvalue weighted by molar-refractivity contribution is 5.86. The van der Waals surface area contributed by atoms with E-state index < -0.39 is 12.8 Å². The molecule has 0 saturated carbocycles. The molecule has 0 atom stereocenters. The maximum Gasteiger partial charge on any atom is 0.335 e. The molecule has 0 bridgehead atoms. The summed E-state index contributed by atoms with van der Waals surface area (Å²) in [4.78, 5) is 20.7. The van der Waals surface area contributed by atoms with E-state index in [9.17, 15) is 4.79 Å². The average molecular weight is 242 g/mol. The molecule has 7 N–H and O–H groups in total. The van der Waals surface area contributed by atoms with Gasteiger partial charge >= 0.3 is 5.97 Å². The van der Waals surface area contributed by atoms with Crippen molar-refractivity contribution in [2.45, 2.75) is 6.92 Å². The third-order valence-corrected chi connectivity index (χ3v) is 1.23. The Morgan fingerprint density at radius 1 is 1.24 bits per heavy atom. The van der Waals surface area contributed by atoms with Crippen molar-refractivity contribution in [1.82, 2.24) is 15.0 Å². The molecule has 9 heteroatoms. The zero-order chi connectivity index (χ0) is 13.4. The van der Waals surface area contributed by atoms with E-state index in [1.165, 1.54) is 6.92 Å². The molecule has 0 amide bonds. The highest BCUT2D eigenvalue weighted by Gasteiger charge is 1.98. The molecule has 0 spiro atoms. The van der Waals surface area contributed by atoms with Gasteiger partial charge in [-0.05, 0) is 6.92 Å². The first-order valence-electron chi connectivity index (χ1n) is 4.32. The molecule has 0 aliphatic heterocycles. The molecule has 1 rings (SSSR count). The zero-order valence-corrected chi connectivity index (χ0v) is 9.25. The Bertz CT molecular complexity index is 358. The molecule has 0 aliphatic carbocycles. The molecule has 9 nitrogen and oxygen atoms in total. The Morgan fingerprint density at radius 3 is 1.76 bits per heavy atom. The lowest BCUT2D eigenvalue weighted by Crippen LogP contribution is -2.05.